The third-order valence-corrected chi connectivity index (χ3v) is 8.44. The third-order valence-electron chi connectivity index (χ3n) is 8.12. The summed E-state index contributed by atoms with van der Waals surface area (Å²) in [7, 11) is 0. The fourth-order valence-corrected chi connectivity index (χ4v) is 5.64. The molecule has 7 heteroatoms. The van der Waals surface area contributed by atoms with Crippen LogP contribution in [-0.4, -0.2) is 66.1 Å². The number of rotatable bonds is 32. The zero-order valence-corrected chi connectivity index (χ0v) is 28.8. The van der Waals surface area contributed by atoms with Gasteiger partial charge in [-0.3, -0.25) is 9.59 Å². The molecule has 0 aliphatic carbocycles. The van der Waals surface area contributed by atoms with Crippen molar-refractivity contribution in [2.24, 2.45) is 0 Å². The summed E-state index contributed by atoms with van der Waals surface area (Å²) in [6.07, 6.45) is 24.0. The molecule has 0 heterocycles. The predicted octanol–water partition coefficient (Wildman–Crippen LogP) is 9.07. The Balaban J connectivity index is 4.07. The largest absolute Gasteiger partial charge is 0.462 e. The average Bonchev–Trinajstić information content (AvgIpc) is 2.98. The van der Waals surface area contributed by atoms with E-state index < -0.39 is 0 Å². The third kappa shape index (κ3) is 26.8. The molecule has 0 aromatic carbocycles. The highest BCUT2D eigenvalue weighted by Gasteiger charge is 2.15. The van der Waals surface area contributed by atoms with E-state index in [1.54, 1.807) is 0 Å². The Morgan fingerprint density at radius 2 is 1.07 bits per heavy atom. The molecule has 2 atom stereocenters. The van der Waals surface area contributed by atoms with Crippen molar-refractivity contribution in [3.8, 4) is 0 Å². The maximum absolute atomic E-state index is 12.4. The normalized spacial score (nSPS) is 12.9. The lowest BCUT2D eigenvalue weighted by Gasteiger charge is -2.21. The van der Waals surface area contributed by atoms with E-state index in [1.165, 1.54) is 44.9 Å². The van der Waals surface area contributed by atoms with Gasteiger partial charge in [0.15, 0.2) is 0 Å². The Morgan fingerprint density at radius 3 is 1.69 bits per heavy atom. The van der Waals surface area contributed by atoms with Crippen molar-refractivity contribution in [2.45, 2.75) is 181 Å². The van der Waals surface area contributed by atoms with Gasteiger partial charge in [0.2, 0.25) is 0 Å². The van der Waals surface area contributed by atoms with Crippen LogP contribution >= 0.6 is 12.6 Å². The molecule has 0 saturated carbocycles. The van der Waals surface area contributed by atoms with Crippen LogP contribution in [0.25, 0.3) is 0 Å². The first-order valence-corrected chi connectivity index (χ1v) is 18.5. The van der Waals surface area contributed by atoms with Crippen LogP contribution in [0.15, 0.2) is 0 Å². The standard InChI is InChI=1S/C35H69NO5S/c1-4-7-9-12-16-22-32(6-3)40-35(39)26-21-28-36(29-30-37)27-19-14-11-13-17-25-34(38)41-33(24-18-20-31-42)23-15-10-8-5-2/h32-33,37,42H,4-31H2,1-3H3. The number of carbonyl (C=O) groups is 2. The molecule has 0 aromatic heterocycles. The van der Waals surface area contributed by atoms with Crippen molar-refractivity contribution in [3.63, 3.8) is 0 Å². The van der Waals surface area contributed by atoms with E-state index in [9.17, 15) is 14.7 Å². The lowest BCUT2D eigenvalue weighted by atomic mass is 10.0. The number of esters is 2. The first kappa shape index (κ1) is 41.2. The topological polar surface area (TPSA) is 76.1 Å². The Labute approximate surface area is 265 Å². The number of ether oxygens (including phenoxy) is 2. The van der Waals surface area contributed by atoms with Crippen molar-refractivity contribution in [1.29, 1.82) is 0 Å². The average molecular weight is 616 g/mol. The lowest BCUT2D eigenvalue weighted by molar-refractivity contribution is -0.150. The number of nitrogens with zero attached hydrogens (tertiary/aromatic N) is 1. The van der Waals surface area contributed by atoms with E-state index in [-0.39, 0.29) is 30.8 Å². The molecule has 250 valence electrons. The molecular formula is C35H69NO5S. The SMILES string of the molecule is CCCCCCCC(CC)OC(=O)CCCN(CCO)CCCCCCCC(=O)OC(CCCCS)CCCCCC. The number of unbranched alkanes of at least 4 members (excludes halogenated alkanes) is 12. The highest BCUT2D eigenvalue weighted by Crippen LogP contribution is 2.17. The van der Waals surface area contributed by atoms with E-state index in [2.05, 4.69) is 38.3 Å². The van der Waals surface area contributed by atoms with E-state index >= 15 is 0 Å². The molecule has 0 aromatic rings. The van der Waals surface area contributed by atoms with Gasteiger partial charge in [0, 0.05) is 19.4 Å². The Morgan fingerprint density at radius 1 is 0.595 bits per heavy atom. The van der Waals surface area contributed by atoms with Crippen molar-refractivity contribution < 1.29 is 24.2 Å². The Bertz CT molecular complexity index is 606. The number of aliphatic hydroxyl groups excluding tert-OH is 1. The number of thiol groups is 1. The van der Waals surface area contributed by atoms with Crippen LogP contribution in [0.4, 0.5) is 0 Å². The second-order valence-electron chi connectivity index (χ2n) is 12.1. The van der Waals surface area contributed by atoms with E-state index in [1.807, 2.05) is 0 Å². The van der Waals surface area contributed by atoms with Crippen molar-refractivity contribution in [3.05, 3.63) is 0 Å². The maximum atomic E-state index is 12.4. The molecule has 0 saturated heterocycles. The van der Waals surface area contributed by atoms with Gasteiger partial charge in [0.1, 0.15) is 12.2 Å². The molecule has 0 rings (SSSR count). The van der Waals surface area contributed by atoms with Crippen LogP contribution in [0, 0.1) is 0 Å². The van der Waals surface area contributed by atoms with Gasteiger partial charge in [-0.25, -0.2) is 0 Å². The van der Waals surface area contributed by atoms with Gasteiger partial charge in [-0.15, -0.1) is 0 Å². The van der Waals surface area contributed by atoms with E-state index in [4.69, 9.17) is 9.47 Å². The monoisotopic (exact) mass is 615 g/mol. The summed E-state index contributed by atoms with van der Waals surface area (Å²) < 4.78 is 11.6. The first-order chi connectivity index (χ1) is 20.5. The number of carbonyl (C=O) groups excluding carboxylic acids is 2. The van der Waals surface area contributed by atoms with Crippen LogP contribution < -0.4 is 0 Å². The fraction of sp³-hybridized carbons (Fsp3) is 0.943. The van der Waals surface area contributed by atoms with Gasteiger partial charge < -0.3 is 19.5 Å². The second kappa shape index (κ2) is 31.6. The molecule has 0 aliphatic rings. The molecule has 42 heavy (non-hydrogen) atoms. The number of hydrogen-bond donors (Lipinski definition) is 2. The molecule has 0 spiro atoms. The maximum Gasteiger partial charge on any atom is 0.306 e. The van der Waals surface area contributed by atoms with Gasteiger partial charge in [0.05, 0.1) is 6.61 Å². The minimum absolute atomic E-state index is 0.0359. The van der Waals surface area contributed by atoms with Crippen molar-refractivity contribution in [2.75, 3.05) is 32.0 Å². The highest BCUT2D eigenvalue weighted by atomic mass is 32.1. The number of aliphatic hydroxyl groups is 1. The van der Waals surface area contributed by atoms with Gasteiger partial charge in [-0.05, 0) is 89.5 Å². The van der Waals surface area contributed by atoms with E-state index in [0.29, 0.717) is 19.4 Å². The van der Waals surface area contributed by atoms with Crippen LogP contribution in [-0.2, 0) is 19.1 Å². The second-order valence-corrected chi connectivity index (χ2v) is 12.5. The molecule has 0 fully saturated rings. The summed E-state index contributed by atoms with van der Waals surface area (Å²) in [6, 6.07) is 0. The van der Waals surface area contributed by atoms with Gasteiger partial charge in [-0.2, -0.15) is 12.6 Å². The number of hydrogen-bond acceptors (Lipinski definition) is 7. The Hall–Kier alpha value is -0.790. The molecule has 0 amide bonds. The summed E-state index contributed by atoms with van der Waals surface area (Å²) >= 11 is 4.31. The van der Waals surface area contributed by atoms with Crippen LogP contribution in [0.1, 0.15) is 168 Å². The summed E-state index contributed by atoms with van der Waals surface area (Å²) in [5, 5.41) is 9.47. The molecule has 2 unspecified atom stereocenters. The van der Waals surface area contributed by atoms with Gasteiger partial charge in [0.25, 0.3) is 0 Å². The summed E-state index contributed by atoms with van der Waals surface area (Å²) in [5.41, 5.74) is 0. The minimum Gasteiger partial charge on any atom is -0.462 e. The molecular weight excluding hydrogens is 546 g/mol. The lowest BCUT2D eigenvalue weighted by Crippen LogP contribution is -2.29. The molecule has 6 nitrogen and oxygen atoms in total. The summed E-state index contributed by atoms with van der Waals surface area (Å²) in [5.74, 6) is 0.770. The Kier molecular flexibility index (Phi) is 31.0. The fourth-order valence-electron chi connectivity index (χ4n) is 5.42. The van der Waals surface area contributed by atoms with Crippen molar-refractivity contribution >= 4 is 24.6 Å². The van der Waals surface area contributed by atoms with Gasteiger partial charge >= 0.3 is 11.9 Å². The smallest absolute Gasteiger partial charge is 0.306 e. The highest BCUT2D eigenvalue weighted by molar-refractivity contribution is 7.80. The van der Waals surface area contributed by atoms with Gasteiger partial charge in [-0.1, -0.05) is 85.0 Å². The molecule has 0 aliphatic heterocycles. The predicted molar refractivity (Wildman–Crippen MR) is 180 cm³/mol. The summed E-state index contributed by atoms with van der Waals surface area (Å²) in [6.45, 7) is 9.05. The van der Waals surface area contributed by atoms with Crippen LogP contribution in [0.3, 0.4) is 0 Å². The zero-order chi connectivity index (χ0) is 31.1. The summed E-state index contributed by atoms with van der Waals surface area (Å²) in [4.78, 5) is 27.0. The minimum atomic E-state index is -0.0849. The zero-order valence-electron chi connectivity index (χ0n) is 27.9. The first-order valence-electron chi connectivity index (χ1n) is 17.8. The van der Waals surface area contributed by atoms with Crippen molar-refractivity contribution in [1.82, 2.24) is 4.90 Å². The molecule has 1 N–H and O–H groups in total. The van der Waals surface area contributed by atoms with Crippen LogP contribution in [0.5, 0.6) is 0 Å². The van der Waals surface area contributed by atoms with Crippen LogP contribution in [0.2, 0.25) is 0 Å². The molecule has 0 bridgehead atoms. The molecule has 0 radical (unpaired) electrons. The van der Waals surface area contributed by atoms with E-state index in [0.717, 1.165) is 109 Å². The quantitative estimate of drug-likeness (QED) is 0.0447.